The molecule has 3 aromatic carbocycles. The number of esters is 1. The van der Waals surface area contributed by atoms with Gasteiger partial charge < -0.3 is 10.1 Å². The van der Waals surface area contributed by atoms with Gasteiger partial charge in [0.15, 0.2) is 6.10 Å². The first-order valence-corrected chi connectivity index (χ1v) is 10.8. The molecule has 1 heterocycles. The summed E-state index contributed by atoms with van der Waals surface area (Å²) in [5.74, 6) is -4.48. The molecule has 1 atom stereocenters. The Balaban J connectivity index is 1.41. The van der Waals surface area contributed by atoms with E-state index in [9.17, 15) is 28.0 Å². The molecule has 4 rings (SSSR count). The Kier molecular flexibility index (Phi) is 6.68. The lowest BCUT2D eigenvalue weighted by molar-refractivity contribution is -0.123. The molecule has 0 fully saturated rings. The number of halogens is 2. The van der Waals surface area contributed by atoms with Crippen molar-refractivity contribution in [1.29, 1.82) is 0 Å². The molecule has 0 saturated carbocycles. The quantitative estimate of drug-likeness (QED) is 0.410. The van der Waals surface area contributed by atoms with E-state index in [1.807, 2.05) is 30.3 Å². The number of rotatable bonds is 7. The van der Waals surface area contributed by atoms with Gasteiger partial charge in [0.1, 0.15) is 11.6 Å². The fourth-order valence-electron chi connectivity index (χ4n) is 3.61. The molecule has 35 heavy (non-hydrogen) atoms. The molecular weight excluding hydrogens is 458 g/mol. The zero-order chi connectivity index (χ0) is 25.1. The van der Waals surface area contributed by atoms with Crippen LogP contribution in [-0.4, -0.2) is 41.2 Å². The van der Waals surface area contributed by atoms with Crippen LogP contribution in [-0.2, 0) is 16.0 Å². The van der Waals surface area contributed by atoms with Gasteiger partial charge in [-0.05, 0) is 49.2 Å². The number of nitrogens with zero attached hydrogens (tertiary/aromatic N) is 1. The molecule has 1 aliphatic heterocycles. The largest absolute Gasteiger partial charge is 0.449 e. The van der Waals surface area contributed by atoms with Gasteiger partial charge in [0.05, 0.1) is 22.4 Å². The van der Waals surface area contributed by atoms with Gasteiger partial charge in [-0.2, -0.15) is 0 Å². The maximum absolute atomic E-state index is 13.8. The van der Waals surface area contributed by atoms with Crippen LogP contribution in [0, 0.1) is 11.6 Å². The first kappa shape index (κ1) is 23.7. The lowest BCUT2D eigenvalue weighted by Crippen LogP contribution is -2.31. The molecule has 0 spiro atoms. The Morgan fingerprint density at radius 2 is 1.66 bits per heavy atom. The van der Waals surface area contributed by atoms with Crippen LogP contribution in [0.1, 0.15) is 43.6 Å². The minimum Gasteiger partial charge on any atom is -0.449 e. The smallest absolute Gasteiger partial charge is 0.338 e. The van der Waals surface area contributed by atoms with Crippen molar-refractivity contribution in [1.82, 2.24) is 4.90 Å². The van der Waals surface area contributed by atoms with E-state index >= 15 is 0 Å². The van der Waals surface area contributed by atoms with Gasteiger partial charge in [-0.15, -0.1) is 0 Å². The van der Waals surface area contributed by atoms with E-state index in [0.717, 1.165) is 22.6 Å². The zero-order valence-electron chi connectivity index (χ0n) is 18.6. The summed E-state index contributed by atoms with van der Waals surface area (Å²) in [6.45, 7) is 1.47. The van der Waals surface area contributed by atoms with Gasteiger partial charge in [0.25, 0.3) is 17.7 Å². The molecular formula is C26H20F2N2O5. The molecule has 0 bridgehead atoms. The van der Waals surface area contributed by atoms with Crippen LogP contribution in [0.4, 0.5) is 14.5 Å². The lowest BCUT2D eigenvalue weighted by Gasteiger charge is -2.14. The number of benzene rings is 3. The standard InChI is InChI=1S/C26H20F2N2O5/c1-15(23(31)29-22-10-8-18(27)14-21(22)28)35-26(34)17-7-9-19-20(13-17)25(33)30(24(19)32)12-11-16-5-3-2-4-6-16/h2-10,13-15H,11-12H2,1H3,(H,29,31). The SMILES string of the molecule is CC(OC(=O)c1ccc2c(c1)C(=O)N(CCc1ccccc1)C2=O)C(=O)Nc1ccc(F)cc1F. The molecule has 9 heteroatoms. The molecule has 0 aromatic heterocycles. The number of ether oxygens (including phenoxy) is 1. The van der Waals surface area contributed by atoms with Crippen LogP contribution in [0.2, 0.25) is 0 Å². The molecule has 3 aromatic rings. The topological polar surface area (TPSA) is 92.8 Å². The number of amides is 3. The van der Waals surface area contributed by atoms with E-state index in [-0.39, 0.29) is 28.9 Å². The minimum atomic E-state index is -1.32. The Morgan fingerprint density at radius 1 is 0.943 bits per heavy atom. The Bertz CT molecular complexity index is 1330. The lowest BCUT2D eigenvalue weighted by atomic mass is 10.1. The zero-order valence-corrected chi connectivity index (χ0v) is 18.6. The number of carbonyl (C=O) groups excluding carboxylic acids is 4. The summed E-state index contributed by atoms with van der Waals surface area (Å²) in [5, 5.41) is 2.22. The summed E-state index contributed by atoms with van der Waals surface area (Å²) in [6, 6.07) is 16.0. The van der Waals surface area contributed by atoms with Gasteiger partial charge in [-0.1, -0.05) is 30.3 Å². The van der Waals surface area contributed by atoms with Crippen LogP contribution >= 0.6 is 0 Å². The fourth-order valence-corrected chi connectivity index (χ4v) is 3.61. The molecule has 1 N–H and O–H groups in total. The van der Waals surface area contributed by atoms with Gasteiger partial charge >= 0.3 is 5.97 Å². The molecule has 3 amide bonds. The summed E-state index contributed by atoms with van der Waals surface area (Å²) >= 11 is 0. The van der Waals surface area contributed by atoms with E-state index in [4.69, 9.17) is 4.74 Å². The summed E-state index contributed by atoms with van der Waals surface area (Å²) in [4.78, 5) is 51.5. The summed E-state index contributed by atoms with van der Waals surface area (Å²) in [5.41, 5.74) is 0.931. The predicted molar refractivity (Wildman–Crippen MR) is 122 cm³/mol. The normalized spacial score (nSPS) is 13.4. The maximum atomic E-state index is 13.8. The molecule has 0 saturated heterocycles. The minimum absolute atomic E-state index is 0.0255. The summed E-state index contributed by atoms with van der Waals surface area (Å²) in [7, 11) is 0. The number of hydrogen-bond acceptors (Lipinski definition) is 5. The Labute approximate surface area is 199 Å². The van der Waals surface area contributed by atoms with Crippen LogP contribution in [0.5, 0.6) is 0 Å². The molecule has 1 aliphatic rings. The number of carbonyl (C=O) groups is 4. The highest BCUT2D eigenvalue weighted by Gasteiger charge is 2.36. The Morgan fingerprint density at radius 3 is 2.37 bits per heavy atom. The van der Waals surface area contributed by atoms with Crippen molar-refractivity contribution in [3.63, 3.8) is 0 Å². The number of nitrogens with one attached hydrogen (secondary N) is 1. The second-order valence-electron chi connectivity index (χ2n) is 7.92. The van der Waals surface area contributed by atoms with Gasteiger partial charge in [0, 0.05) is 12.6 Å². The van der Waals surface area contributed by atoms with Gasteiger partial charge in [-0.3, -0.25) is 19.3 Å². The summed E-state index contributed by atoms with van der Waals surface area (Å²) in [6.07, 6.45) is -0.831. The van der Waals surface area contributed by atoms with E-state index in [1.165, 1.54) is 25.1 Å². The van der Waals surface area contributed by atoms with Crippen molar-refractivity contribution in [3.8, 4) is 0 Å². The highest BCUT2D eigenvalue weighted by atomic mass is 19.1. The highest BCUT2D eigenvalue weighted by molar-refractivity contribution is 6.22. The van der Waals surface area contributed by atoms with Crippen molar-refractivity contribution in [3.05, 3.63) is 101 Å². The number of imide groups is 1. The van der Waals surface area contributed by atoms with Gasteiger partial charge in [0.2, 0.25) is 0 Å². The first-order valence-electron chi connectivity index (χ1n) is 10.8. The van der Waals surface area contributed by atoms with Crippen LogP contribution in [0.25, 0.3) is 0 Å². The maximum Gasteiger partial charge on any atom is 0.338 e. The number of hydrogen-bond donors (Lipinski definition) is 1. The Hall–Kier alpha value is -4.40. The molecule has 0 radical (unpaired) electrons. The van der Waals surface area contributed by atoms with E-state index in [1.54, 1.807) is 0 Å². The highest BCUT2D eigenvalue weighted by Crippen LogP contribution is 2.25. The third-order valence-corrected chi connectivity index (χ3v) is 5.52. The van der Waals surface area contributed by atoms with Crippen LogP contribution in [0.3, 0.4) is 0 Å². The molecule has 178 valence electrons. The first-order chi connectivity index (χ1) is 16.7. The van der Waals surface area contributed by atoms with Gasteiger partial charge in [-0.25, -0.2) is 13.6 Å². The van der Waals surface area contributed by atoms with E-state index < -0.39 is 41.4 Å². The predicted octanol–water partition coefficient (Wildman–Crippen LogP) is 3.99. The van der Waals surface area contributed by atoms with E-state index in [0.29, 0.717) is 12.5 Å². The molecule has 7 nitrogen and oxygen atoms in total. The number of anilines is 1. The average Bonchev–Trinajstić information content (AvgIpc) is 3.08. The average molecular weight is 478 g/mol. The van der Waals surface area contributed by atoms with Crippen molar-refractivity contribution in [2.45, 2.75) is 19.4 Å². The van der Waals surface area contributed by atoms with Crippen molar-refractivity contribution in [2.75, 3.05) is 11.9 Å². The van der Waals surface area contributed by atoms with Crippen LogP contribution in [0.15, 0.2) is 66.7 Å². The molecule has 0 aliphatic carbocycles. The van der Waals surface area contributed by atoms with Crippen molar-refractivity contribution in [2.24, 2.45) is 0 Å². The van der Waals surface area contributed by atoms with Crippen LogP contribution < -0.4 is 5.32 Å². The second-order valence-corrected chi connectivity index (χ2v) is 7.92. The fraction of sp³-hybridized carbons (Fsp3) is 0.154. The monoisotopic (exact) mass is 478 g/mol. The third-order valence-electron chi connectivity index (χ3n) is 5.52. The van der Waals surface area contributed by atoms with Crippen molar-refractivity contribution < 1.29 is 32.7 Å². The van der Waals surface area contributed by atoms with E-state index in [2.05, 4.69) is 5.32 Å². The number of fused-ring (bicyclic) bond motifs is 1. The molecule has 1 unspecified atom stereocenters. The second kappa shape index (κ2) is 9.84. The summed E-state index contributed by atoms with van der Waals surface area (Å²) < 4.78 is 31.9. The van der Waals surface area contributed by atoms with Crippen molar-refractivity contribution >= 4 is 29.4 Å². The third kappa shape index (κ3) is 5.08.